The van der Waals surface area contributed by atoms with Crippen LogP contribution < -0.4 is 5.73 Å². The van der Waals surface area contributed by atoms with Crippen LogP contribution in [0.15, 0.2) is 0 Å². The van der Waals surface area contributed by atoms with E-state index in [0.717, 1.165) is 0 Å². The van der Waals surface area contributed by atoms with Crippen molar-refractivity contribution in [3.63, 3.8) is 0 Å². The second kappa shape index (κ2) is 7.63. The van der Waals surface area contributed by atoms with Gasteiger partial charge in [-0.15, -0.1) is 0 Å². The molecule has 136 valence electrons. The van der Waals surface area contributed by atoms with E-state index >= 15 is 0 Å². The molecule has 0 amide bonds. The van der Waals surface area contributed by atoms with E-state index in [-0.39, 0.29) is 0 Å². The van der Waals surface area contributed by atoms with Gasteiger partial charge in [0.25, 0.3) is 0 Å². The third-order valence-electron chi connectivity index (χ3n) is 4.04. The summed E-state index contributed by atoms with van der Waals surface area (Å²) < 4.78 is 15.6. The fourth-order valence-corrected chi connectivity index (χ4v) is 2.62. The lowest BCUT2D eigenvalue weighted by Crippen LogP contribution is -2.65. The Balaban J connectivity index is 2.11. The summed E-state index contributed by atoms with van der Waals surface area (Å²) in [4.78, 5) is 0. The van der Waals surface area contributed by atoms with Gasteiger partial charge >= 0.3 is 0 Å². The van der Waals surface area contributed by atoms with E-state index in [1.54, 1.807) is 0 Å². The predicted molar refractivity (Wildman–Crippen MR) is 70.6 cm³/mol. The van der Waals surface area contributed by atoms with E-state index in [1.165, 1.54) is 0 Å². The van der Waals surface area contributed by atoms with Crippen LogP contribution in [0.5, 0.6) is 0 Å². The van der Waals surface area contributed by atoms with Crippen molar-refractivity contribution in [3.05, 3.63) is 0 Å². The number of ether oxygens (including phenoxy) is 3. The van der Waals surface area contributed by atoms with Crippen molar-refractivity contribution in [1.29, 1.82) is 0 Å². The molecule has 11 heteroatoms. The third-order valence-corrected chi connectivity index (χ3v) is 4.04. The Bertz CT molecular complexity index is 383. The molecule has 0 radical (unpaired) electrons. The minimum absolute atomic E-state index is 0.598. The summed E-state index contributed by atoms with van der Waals surface area (Å²) in [6.07, 6.45) is -14.4. The average Bonchev–Trinajstić information content (AvgIpc) is 2.55. The quantitative estimate of drug-likeness (QED) is 0.243. The molecule has 11 nitrogen and oxygen atoms in total. The monoisotopic (exact) mass is 341 g/mol. The fourth-order valence-electron chi connectivity index (χ4n) is 2.62. The molecule has 2 heterocycles. The van der Waals surface area contributed by atoms with Crippen LogP contribution in [0.25, 0.3) is 0 Å². The predicted octanol–water partition coefficient (Wildman–Crippen LogP) is -5.43. The van der Waals surface area contributed by atoms with Gasteiger partial charge in [0, 0.05) is 0 Å². The summed E-state index contributed by atoms with van der Waals surface area (Å²) in [7, 11) is 0. The van der Waals surface area contributed by atoms with E-state index in [9.17, 15) is 30.6 Å². The SMILES string of the molecule is NC1O[C@H](CO)[C@@H](O[C@@H]2O[C@H](CO)[C@H](O)[C@H](O)[C@H]2O)[C@H](O)[C@H]1O. The molecule has 0 aromatic carbocycles. The van der Waals surface area contributed by atoms with Crippen molar-refractivity contribution in [1.82, 2.24) is 0 Å². The maximum Gasteiger partial charge on any atom is 0.187 e. The van der Waals surface area contributed by atoms with Crippen LogP contribution >= 0.6 is 0 Å². The molecule has 9 N–H and O–H groups in total. The minimum atomic E-state index is -1.69. The zero-order valence-electron chi connectivity index (χ0n) is 12.1. The number of hydrogen-bond donors (Lipinski definition) is 8. The van der Waals surface area contributed by atoms with Gasteiger partial charge in [-0.1, -0.05) is 0 Å². The third kappa shape index (κ3) is 3.65. The largest absolute Gasteiger partial charge is 0.394 e. The van der Waals surface area contributed by atoms with Gasteiger partial charge in [0.2, 0.25) is 0 Å². The van der Waals surface area contributed by atoms with Crippen LogP contribution in [0.2, 0.25) is 0 Å². The number of hydrogen-bond acceptors (Lipinski definition) is 11. The molecular weight excluding hydrogens is 318 g/mol. The van der Waals surface area contributed by atoms with Gasteiger partial charge in [-0.05, 0) is 0 Å². The molecule has 1 unspecified atom stereocenters. The first-order valence-electron chi connectivity index (χ1n) is 7.15. The van der Waals surface area contributed by atoms with E-state index in [0.29, 0.717) is 0 Å². The summed E-state index contributed by atoms with van der Waals surface area (Å²) in [6, 6.07) is 0. The Hall–Kier alpha value is -0.440. The second-order valence-electron chi connectivity index (χ2n) is 5.60. The molecule has 2 fully saturated rings. The Morgan fingerprint density at radius 1 is 0.739 bits per heavy atom. The molecule has 2 aliphatic heterocycles. The summed E-state index contributed by atoms with van der Waals surface area (Å²) >= 11 is 0. The molecule has 0 saturated carbocycles. The lowest BCUT2D eigenvalue weighted by Gasteiger charge is -2.45. The molecule has 23 heavy (non-hydrogen) atoms. The van der Waals surface area contributed by atoms with Crippen molar-refractivity contribution in [2.75, 3.05) is 13.2 Å². The molecule has 0 aromatic rings. The van der Waals surface area contributed by atoms with Crippen molar-refractivity contribution >= 4 is 0 Å². The molecule has 0 aliphatic carbocycles. The van der Waals surface area contributed by atoms with Gasteiger partial charge < -0.3 is 55.7 Å². The highest BCUT2D eigenvalue weighted by Crippen LogP contribution is 2.28. The summed E-state index contributed by atoms with van der Waals surface area (Å²) in [6.45, 7) is -1.25. The normalized spacial score (nSPS) is 51.7. The highest BCUT2D eigenvalue weighted by atomic mass is 16.7. The zero-order valence-corrected chi connectivity index (χ0v) is 12.1. The van der Waals surface area contributed by atoms with Gasteiger partial charge in [-0.25, -0.2) is 0 Å². The van der Waals surface area contributed by atoms with Crippen LogP contribution in [0.1, 0.15) is 0 Å². The molecule has 0 bridgehead atoms. The van der Waals surface area contributed by atoms with Crippen molar-refractivity contribution in [2.24, 2.45) is 5.73 Å². The molecule has 10 atom stereocenters. The second-order valence-corrected chi connectivity index (χ2v) is 5.60. The first-order valence-corrected chi connectivity index (χ1v) is 7.15. The Morgan fingerprint density at radius 2 is 1.35 bits per heavy atom. The van der Waals surface area contributed by atoms with Gasteiger partial charge in [0.15, 0.2) is 6.29 Å². The maximum atomic E-state index is 10.0. The van der Waals surface area contributed by atoms with Gasteiger partial charge in [-0.2, -0.15) is 0 Å². The van der Waals surface area contributed by atoms with Gasteiger partial charge in [-0.3, -0.25) is 0 Å². The topological polar surface area (TPSA) is 195 Å². The first kappa shape index (κ1) is 18.9. The van der Waals surface area contributed by atoms with Gasteiger partial charge in [0.05, 0.1) is 13.2 Å². The average molecular weight is 341 g/mol. The van der Waals surface area contributed by atoms with Crippen molar-refractivity contribution < 1.29 is 50.0 Å². The van der Waals surface area contributed by atoms with E-state index in [1.807, 2.05) is 0 Å². The van der Waals surface area contributed by atoms with Crippen LogP contribution in [-0.2, 0) is 14.2 Å². The Morgan fingerprint density at radius 3 is 1.91 bits per heavy atom. The highest BCUT2D eigenvalue weighted by molar-refractivity contribution is 4.94. The lowest BCUT2D eigenvalue weighted by molar-refractivity contribution is -0.341. The first-order chi connectivity index (χ1) is 10.8. The number of nitrogens with two attached hydrogens (primary N) is 1. The minimum Gasteiger partial charge on any atom is -0.394 e. The molecule has 2 aliphatic rings. The molecular formula is C12H23NO10. The highest BCUT2D eigenvalue weighted by Gasteiger charge is 2.49. The Labute approximate surface area is 131 Å². The molecule has 0 spiro atoms. The molecule has 2 saturated heterocycles. The van der Waals surface area contributed by atoms with Crippen molar-refractivity contribution in [2.45, 2.75) is 61.3 Å². The Kier molecular flexibility index (Phi) is 6.27. The van der Waals surface area contributed by atoms with Crippen LogP contribution in [-0.4, -0.2) is 110 Å². The summed E-state index contributed by atoms with van der Waals surface area (Å²) in [5.74, 6) is 0. The smallest absolute Gasteiger partial charge is 0.187 e. The fraction of sp³-hybridized carbons (Fsp3) is 1.00. The van der Waals surface area contributed by atoms with Crippen LogP contribution in [0.3, 0.4) is 0 Å². The zero-order chi connectivity index (χ0) is 17.3. The number of rotatable bonds is 4. The molecule has 2 rings (SSSR count). The van der Waals surface area contributed by atoms with E-state index < -0.39 is 74.6 Å². The van der Waals surface area contributed by atoms with Crippen LogP contribution in [0.4, 0.5) is 0 Å². The van der Waals surface area contributed by atoms with Crippen molar-refractivity contribution in [3.8, 4) is 0 Å². The van der Waals surface area contributed by atoms with Crippen LogP contribution in [0, 0.1) is 0 Å². The summed E-state index contributed by atoms with van der Waals surface area (Å²) in [5, 5.41) is 67.4. The molecule has 0 aromatic heterocycles. The maximum absolute atomic E-state index is 10.0. The van der Waals surface area contributed by atoms with E-state index in [4.69, 9.17) is 25.1 Å². The number of aliphatic hydroxyl groups excluding tert-OH is 7. The van der Waals surface area contributed by atoms with E-state index in [2.05, 4.69) is 0 Å². The lowest BCUT2D eigenvalue weighted by atomic mass is 9.96. The number of aliphatic hydroxyl groups is 7. The summed E-state index contributed by atoms with van der Waals surface area (Å²) in [5.41, 5.74) is 5.46. The van der Waals surface area contributed by atoms with Gasteiger partial charge in [0.1, 0.15) is 55.1 Å². The standard InChI is InChI=1S/C12H23NO10/c13-11-8(19)7(18)10(4(2-15)21-11)23-12-9(20)6(17)5(16)3(1-14)22-12/h3-12,14-20H,1-2,13H2/t3-,4-,5+,6+,7-,8-,9-,10-,11?,12+/m1/s1.